The third-order valence-corrected chi connectivity index (χ3v) is 3.71. The third kappa shape index (κ3) is 3.98. The van der Waals surface area contributed by atoms with Gasteiger partial charge in [0.05, 0.1) is 11.3 Å². The van der Waals surface area contributed by atoms with Crippen molar-refractivity contribution in [2.45, 2.75) is 13.0 Å². The molecule has 1 unspecified atom stereocenters. The van der Waals surface area contributed by atoms with Gasteiger partial charge >= 0.3 is 0 Å². The van der Waals surface area contributed by atoms with Crippen LogP contribution in [-0.2, 0) is 0 Å². The zero-order valence-corrected chi connectivity index (χ0v) is 13.4. The van der Waals surface area contributed by atoms with E-state index in [9.17, 15) is 4.79 Å². The topological polar surface area (TPSA) is 54.0 Å². The minimum Gasteiger partial charge on any atom is -0.377 e. The Morgan fingerprint density at radius 1 is 0.917 bits per heavy atom. The molecule has 1 aromatic heterocycles. The van der Waals surface area contributed by atoms with Gasteiger partial charge in [0.2, 0.25) is 0 Å². The zero-order chi connectivity index (χ0) is 16.8. The van der Waals surface area contributed by atoms with Crippen LogP contribution in [-0.4, -0.2) is 10.9 Å². The van der Waals surface area contributed by atoms with Gasteiger partial charge < -0.3 is 10.6 Å². The number of nitrogens with one attached hydrogen (secondary N) is 2. The maximum Gasteiger partial charge on any atom is 0.257 e. The van der Waals surface area contributed by atoms with Gasteiger partial charge in [-0.1, -0.05) is 48.5 Å². The van der Waals surface area contributed by atoms with Crippen molar-refractivity contribution < 1.29 is 4.79 Å². The highest BCUT2D eigenvalue weighted by atomic mass is 16.1. The lowest BCUT2D eigenvalue weighted by molar-refractivity contribution is 0.102. The molecule has 3 rings (SSSR count). The number of hydrogen-bond acceptors (Lipinski definition) is 3. The van der Waals surface area contributed by atoms with Crippen molar-refractivity contribution in [3.8, 4) is 0 Å². The minimum atomic E-state index is -0.176. The molecule has 1 amide bonds. The molecule has 120 valence electrons. The molecule has 0 aliphatic carbocycles. The number of rotatable bonds is 5. The summed E-state index contributed by atoms with van der Waals surface area (Å²) in [5.41, 5.74) is 3.27. The van der Waals surface area contributed by atoms with Crippen LogP contribution in [0, 0.1) is 0 Å². The fourth-order valence-corrected chi connectivity index (χ4v) is 2.44. The van der Waals surface area contributed by atoms with Gasteiger partial charge in [-0.05, 0) is 30.7 Å². The van der Waals surface area contributed by atoms with Crippen LogP contribution in [0.25, 0.3) is 0 Å². The Balaban J connectivity index is 1.71. The summed E-state index contributed by atoms with van der Waals surface area (Å²) in [5, 5.41) is 6.24. The van der Waals surface area contributed by atoms with Crippen LogP contribution in [0.2, 0.25) is 0 Å². The van der Waals surface area contributed by atoms with Gasteiger partial charge in [-0.25, -0.2) is 0 Å². The minimum absolute atomic E-state index is 0.125. The molecule has 0 fully saturated rings. The smallest absolute Gasteiger partial charge is 0.257 e. The average Bonchev–Trinajstić information content (AvgIpc) is 2.63. The molecular formula is C20H19N3O. The van der Waals surface area contributed by atoms with Gasteiger partial charge in [0, 0.05) is 24.1 Å². The molecule has 4 nitrogen and oxygen atoms in total. The highest BCUT2D eigenvalue weighted by Crippen LogP contribution is 2.19. The second kappa shape index (κ2) is 7.42. The predicted molar refractivity (Wildman–Crippen MR) is 97.1 cm³/mol. The molecule has 2 aromatic carbocycles. The van der Waals surface area contributed by atoms with E-state index in [1.54, 1.807) is 12.4 Å². The number of hydrogen-bond donors (Lipinski definition) is 2. The van der Waals surface area contributed by atoms with Crippen molar-refractivity contribution in [2.24, 2.45) is 0 Å². The number of para-hydroxylation sites is 1. The Morgan fingerprint density at radius 3 is 2.29 bits per heavy atom. The van der Waals surface area contributed by atoms with Crippen LogP contribution in [0.3, 0.4) is 0 Å². The number of pyridine rings is 1. The number of benzene rings is 2. The van der Waals surface area contributed by atoms with E-state index in [4.69, 9.17) is 0 Å². The van der Waals surface area contributed by atoms with Crippen LogP contribution in [0.4, 0.5) is 11.4 Å². The van der Waals surface area contributed by atoms with E-state index in [1.807, 2.05) is 54.6 Å². The van der Waals surface area contributed by atoms with Crippen LogP contribution < -0.4 is 10.6 Å². The Hall–Kier alpha value is -3.14. The van der Waals surface area contributed by atoms with Crippen molar-refractivity contribution in [1.29, 1.82) is 0 Å². The van der Waals surface area contributed by atoms with E-state index < -0.39 is 0 Å². The van der Waals surface area contributed by atoms with Crippen LogP contribution in [0.15, 0.2) is 79.1 Å². The molecule has 0 bridgehead atoms. The summed E-state index contributed by atoms with van der Waals surface area (Å²) < 4.78 is 0. The first kappa shape index (κ1) is 15.7. The summed E-state index contributed by atoms with van der Waals surface area (Å²) in [6, 6.07) is 21.5. The standard InChI is InChI=1S/C20H19N3O/c1-15(16-8-4-2-5-9-16)22-19-12-17(13-21-14-19)20(24)23-18-10-6-3-7-11-18/h2-15,22H,1H3,(H,23,24). The van der Waals surface area contributed by atoms with Gasteiger partial charge in [0.1, 0.15) is 0 Å². The molecular weight excluding hydrogens is 298 g/mol. The highest BCUT2D eigenvalue weighted by Gasteiger charge is 2.09. The maximum atomic E-state index is 12.3. The second-order valence-electron chi connectivity index (χ2n) is 5.56. The van der Waals surface area contributed by atoms with Crippen LogP contribution >= 0.6 is 0 Å². The van der Waals surface area contributed by atoms with E-state index in [0.717, 1.165) is 11.4 Å². The van der Waals surface area contributed by atoms with E-state index in [-0.39, 0.29) is 11.9 Å². The van der Waals surface area contributed by atoms with E-state index in [0.29, 0.717) is 5.56 Å². The first-order chi connectivity index (χ1) is 11.7. The number of amides is 1. The molecule has 0 radical (unpaired) electrons. The lowest BCUT2D eigenvalue weighted by Gasteiger charge is -2.16. The molecule has 2 N–H and O–H groups in total. The second-order valence-corrected chi connectivity index (χ2v) is 5.56. The van der Waals surface area contributed by atoms with Crippen molar-refractivity contribution in [3.63, 3.8) is 0 Å². The Kier molecular flexibility index (Phi) is 4.87. The van der Waals surface area contributed by atoms with Gasteiger partial charge in [-0.3, -0.25) is 9.78 Å². The molecule has 0 saturated carbocycles. The number of carbonyl (C=O) groups is 1. The molecule has 0 spiro atoms. The van der Waals surface area contributed by atoms with Crippen molar-refractivity contribution >= 4 is 17.3 Å². The molecule has 3 aromatic rings. The lowest BCUT2D eigenvalue weighted by atomic mass is 10.1. The molecule has 4 heteroatoms. The van der Waals surface area contributed by atoms with Gasteiger partial charge in [-0.2, -0.15) is 0 Å². The van der Waals surface area contributed by atoms with Crippen molar-refractivity contribution in [2.75, 3.05) is 10.6 Å². The van der Waals surface area contributed by atoms with Crippen molar-refractivity contribution in [1.82, 2.24) is 4.98 Å². The summed E-state index contributed by atoms with van der Waals surface area (Å²) in [6.07, 6.45) is 3.29. The fourth-order valence-electron chi connectivity index (χ4n) is 2.44. The van der Waals surface area contributed by atoms with E-state index >= 15 is 0 Å². The number of carbonyl (C=O) groups excluding carboxylic acids is 1. The van der Waals surface area contributed by atoms with Crippen molar-refractivity contribution in [3.05, 3.63) is 90.3 Å². The number of aromatic nitrogens is 1. The first-order valence-electron chi connectivity index (χ1n) is 7.85. The Labute approximate surface area is 141 Å². The average molecular weight is 317 g/mol. The van der Waals surface area contributed by atoms with Gasteiger partial charge in [0.15, 0.2) is 0 Å². The SMILES string of the molecule is CC(Nc1cncc(C(=O)Nc2ccccc2)c1)c1ccccc1. The van der Waals surface area contributed by atoms with E-state index in [2.05, 4.69) is 34.7 Å². The molecule has 1 atom stereocenters. The number of anilines is 2. The quantitative estimate of drug-likeness (QED) is 0.728. The molecule has 1 heterocycles. The summed E-state index contributed by atoms with van der Waals surface area (Å²) in [7, 11) is 0. The molecule has 0 saturated heterocycles. The monoisotopic (exact) mass is 317 g/mol. The van der Waals surface area contributed by atoms with Crippen LogP contribution in [0.1, 0.15) is 28.9 Å². The summed E-state index contributed by atoms with van der Waals surface area (Å²) in [6.45, 7) is 2.08. The van der Waals surface area contributed by atoms with E-state index in [1.165, 1.54) is 5.56 Å². The number of nitrogens with zero attached hydrogens (tertiary/aromatic N) is 1. The normalized spacial score (nSPS) is 11.5. The zero-order valence-electron chi connectivity index (χ0n) is 13.4. The summed E-state index contributed by atoms with van der Waals surface area (Å²) in [5.74, 6) is -0.176. The largest absolute Gasteiger partial charge is 0.377 e. The summed E-state index contributed by atoms with van der Waals surface area (Å²) >= 11 is 0. The summed E-state index contributed by atoms with van der Waals surface area (Å²) in [4.78, 5) is 16.5. The predicted octanol–water partition coefficient (Wildman–Crippen LogP) is 4.51. The van der Waals surface area contributed by atoms with Gasteiger partial charge in [0.25, 0.3) is 5.91 Å². The lowest BCUT2D eigenvalue weighted by Crippen LogP contribution is -2.13. The van der Waals surface area contributed by atoms with Gasteiger partial charge in [-0.15, -0.1) is 0 Å². The third-order valence-electron chi connectivity index (χ3n) is 3.71. The molecule has 24 heavy (non-hydrogen) atoms. The first-order valence-corrected chi connectivity index (χ1v) is 7.85. The highest BCUT2D eigenvalue weighted by molar-refractivity contribution is 6.04. The maximum absolute atomic E-state index is 12.3. The molecule has 0 aliphatic heterocycles. The fraction of sp³-hybridized carbons (Fsp3) is 0.100. The molecule has 0 aliphatic rings. The Bertz CT molecular complexity index is 803. The van der Waals surface area contributed by atoms with Crippen LogP contribution in [0.5, 0.6) is 0 Å². The Morgan fingerprint density at radius 2 is 1.58 bits per heavy atom.